The van der Waals surface area contributed by atoms with Crippen LogP contribution in [0.5, 0.6) is 5.75 Å². The lowest BCUT2D eigenvalue weighted by molar-refractivity contribution is 0.416. The Hall–Kier alpha value is -1.64. The van der Waals surface area contributed by atoms with Gasteiger partial charge in [-0.1, -0.05) is 42.2 Å². The lowest BCUT2D eigenvalue weighted by Crippen LogP contribution is -1.98. The molecule has 0 fully saturated rings. The molecule has 24 heavy (non-hydrogen) atoms. The fraction of sp³-hybridized carbons (Fsp3) is 0.312. The number of ether oxygens (including phenoxy) is 1. The number of para-hydroxylation sites is 1. The van der Waals surface area contributed by atoms with Crippen molar-refractivity contribution in [2.45, 2.75) is 23.4 Å². The molecule has 0 bridgehead atoms. The fourth-order valence-corrected chi connectivity index (χ4v) is 4.65. The monoisotopic (exact) mass is 378 g/mol. The van der Waals surface area contributed by atoms with Crippen LogP contribution in [0.4, 0.5) is 5.13 Å². The third-order valence-corrected chi connectivity index (χ3v) is 6.14. The van der Waals surface area contributed by atoms with Crippen LogP contribution < -0.4 is 10.1 Å². The number of benzene rings is 1. The molecule has 1 aromatic carbocycles. The van der Waals surface area contributed by atoms with Gasteiger partial charge in [0.25, 0.3) is 0 Å². The van der Waals surface area contributed by atoms with Gasteiger partial charge in [-0.25, -0.2) is 4.98 Å². The minimum absolute atomic E-state index is 0.786. The summed E-state index contributed by atoms with van der Waals surface area (Å²) in [6.45, 7) is 3.05. The highest BCUT2D eigenvalue weighted by molar-refractivity contribution is 8.00. The number of anilines is 1. The number of aromatic nitrogens is 3. The Morgan fingerprint density at radius 2 is 2.12 bits per heavy atom. The second kappa shape index (κ2) is 8.46. The minimum Gasteiger partial charge on any atom is -0.496 e. The van der Waals surface area contributed by atoms with E-state index in [2.05, 4.69) is 27.8 Å². The third kappa shape index (κ3) is 4.25. The van der Waals surface area contributed by atoms with E-state index in [1.165, 1.54) is 0 Å². The van der Waals surface area contributed by atoms with E-state index in [4.69, 9.17) is 9.72 Å². The van der Waals surface area contributed by atoms with E-state index in [9.17, 15) is 0 Å². The largest absolute Gasteiger partial charge is 0.496 e. The molecule has 0 unspecified atom stereocenters. The summed E-state index contributed by atoms with van der Waals surface area (Å²) in [5.74, 6) is 1.63. The van der Waals surface area contributed by atoms with Crippen LogP contribution in [0.1, 0.15) is 19.0 Å². The molecular formula is C16H18N4OS3. The van der Waals surface area contributed by atoms with Crippen molar-refractivity contribution in [3.63, 3.8) is 0 Å². The summed E-state index contributed by atoms with van der Waals surface area (Å²) in [4.78, 5) is 4.72. The number of thioether (sulfide) groups is 1. The van der Waals surface area contributed by atoms with Gasteiger partial charge in [0, 0.05) is 17.7 Å². The van der Waals surface area contributed by atoms with Crippen molar-refractivity contribution in [3.05, 3.63) is 35.3 Å². The first kappa shape index (κ1) is 17.2. The molecular weight excluding hydrogens is 360 g/mol. The highest BCUT2D eigenvalue weighted by Crippen LogP contribution is 2.34. The molecule has 2 aromatic heterocycles. The fourth-order valence-electron chi connectivity index (χ4n) is 2.03. The van der Waals surface area contributed by atoms with Gasteiger partial charge in [0.15, 0.2) is 4.34 Å². The molecule has 0 amide bonds. The number of rotatable bonds is 8. The molecule has 5 nitrogen and oxygen atoms in total. The molecule has 0 aliphatic rings. The predicted octanol–water partition coefficient (Wildman–Crippen LogP) is 4.78. The van der Waals surface area contributed by atoms with E-state index in [1.54, 1.807) is 41.5 Å². The maximum Gasteiger partial charge on any atom is 0.206 e. The molecule has 126 valence electrons. The van der Waals surface area contributed by atoms with Crippen LogP contribution in [0.25, 0.3) is 10.6 Å². The summed E-state index contributed by atoms with van der Waals surface area (Å²) in [5.41, 5.74) is 2.08. The van der Waals surface area contributed by atoms with Gasteiger partial charge in [-0.2, -0.15) is 0 Å². The SMILES string of the molecule is CCCNc1nnc(SCc2csc(-c3ccccc3OC)n2)s1. The standard InChI is InChI=1S/C16H18N4OS3/c1-3-8-17-15-19-20-16(24-15)23-10-11-9-22-14(18-11)12-6-4-5-7-13(12)21-2/h4-7,9H,3,8,10H2,1-2H3,(H,17,19). The normalized spacial score (nSPS) is 10.8. The van der Waals surface area contributed by atoms with Gasteiger partial charge < -0.3 is 10.1 Å². The van der Waals surface area contributed by atoms with Gasteiger partial charge in [0.1, 0.15) is 10.8 Å². The molecule has 1 N–H and O–H groups in total. The predicted molar refractivity (Wildman–Crippen MR) is 102 cm³/mol. The second-order valence-electron chi connectivity index (χ2n) is 4.93. The molecule has 2 heterocycles. The van der Waals surface area contributed by atoms with Crippen molar-refractivity contribution in [1.29, 1.82) is 0 Å². The van der Waals surface area contributed by atoms with Crippen molar-refractivity contribution in [3.8, 4) is 16.3 Å². The highest BCUT2D eigenvalue weighted by Gasteiger charge is 2.11. The smallest absolute Gasteiger partial charge is 0.206 e. The molecule has 0 spiro atoms. The van der Waals surface area contributed by atoms with Gasteiger partial charge >= 0.3 is 0 Å². The van der Waals surface area contributed by atoms with E-state index in [1.807, 2.05) is 24.3 Å². The van der Waals surface area contributed by atoms with E-state index in [0.29, 0.717) is 0 Å². The number of hydrogen-bond donors (Lipinski definition) is 1. The zero-order valence-electron chi connectivity index (χ0n) is 13.5. The molecule has 3 aromatic rings. The van der Waals surface area contributed by atoms with E-state index in [0.717, 1.165) is 50.2 Å². The maximum atomic E-state index is 5.41. The Morgan fingerprint density at radius 1 is 1.25 bits per heavy atom. The van der Waals surface area contributed by atoms with Crippen molar-refractivity contribution >= 4 is 39.6 Å². The van der Waals surface area contributed by atoms with Crippen LogP contribution in [-0.2, 0) is 5.75 Å². The Bertz CT molecular complexity index is 787. The summed E-state index contributed by atoms with van der Waals surface area (Å²) in [6, 6.07) is 7.95. The number of thiazole rings is 1. The van der Waals surface area contributed by atoms with Crippen molar-refractivity contribution in [2.24, 2.45) is 0 Å². The van der Waals surface area contributed by atoms with E-state index in [-0.39, 0.29) is 0 Å². The van der Waals surface area contributed by atoms with Crippen molar-refractivity contribution in [2.75, 3.05) is 19.0 Å². The molecule has 0 atom stereocenters. The summed E-state index contributed by atoms with van der Waals surface area (Å²) in [7, 11) is 1.68. The average molecular weight is 379 g/mol. The van der Waals surface area contributed by atoms with Gasteiger partial charge in [-0.15, -0.1) is 21.5 Å². The van der Waals surface area contributed by atoms with E-state index < -0.39 is 0 Å². The lowest BCUT2D eigenvalue weighted by Gasteiger charge is -2.04. The molecule has 8 heteroatoms. The Kier molecular flexibility index (Phi) is 6.06. The quantitative estimate of drug-likeness (QED) is 0.569. The molecule has 0 saturated carbocycles. The second-order valence-corrected chi connectivity index (χ2v) is 7.99. The summed E-state index contributed by atoms with van der Waals surface area (Å²) in [5, 5.41) is 15.5. The summed E-state index contributed by atoms with van der Waals surface area (Å²) >= 11 is 4.88. The summed E-state index contributed by atoms with van der Waals surface area (Å²) < 4.78 is 6.37. The first-order valence-corrected chi connectivity index (χ1v) is 10.3. The van der Waals surface area contributed by atoms with Crippen LogP contribution in [0, 0.1) is 0 Å². The minimum atomic E-state index is 0.786. The van der Waals surface area contributed by atoms with Crippen LogP contribution >= 0.6 is 34.4 Å². The first-order valence-electron chi connectivity index (χ1n) is 7.58. The van der Waals surface area contributed by atoms with Gasteiger partial charge in [0.2, 0.25) is 5.13 Å². The zero-order valence-corrected chi connectivity index (χ0v) is 15.9. The average Bonchev–Trinajstić information content (AvgIpc) is 3.27. The molecule has 0 saturated heterocycles. The van der Waals surface area contributed by atoms with Crippen LogP contribution in [0.15, 0.2) is 34.0 Å². The lowest BCUT2D eigenvalue weighted by atomic mass is 10.2. The molecule has 0 aliphatic carbocycles. The van der Waals surface area contributed by atoms with Crippen molar-refractivity contribution < 1.29 is 4.74 Å². The Morgan fingerprint density at radius 3 is 2.96 bits per heavy atom. The molecule has 0 radical (unpaired) electrons. The molecule has 0 aliphatic heterocycles. The van der Waals surface area contributed by atoms with E-state index >= 15 is 0 Å². The Labute approximate surface area is 153 Å². The zero-order chi connectivity index (χ0) is 16.8. The Balaban J connectivity index is 1.63. The van der Waals surface area contributed by atoms with Gasteiger partial charge in [-0.05, 0) is 18.6 Å². The molecule has 3 rings (SSSR count). The number of nitrogens with zero attached hydrogens (tertiary/aromatic N) is 3. The first-order chi connectivity index (χ1) is 11.8. The summed E-state index contributed by atoms with van der Waals surface area (Å²) in [6.07, 6.45) is 1.08. The van der Waals surface area contributed by atoms with Gasteiger partial charge in [-0.3, -0.25) is 0 Å². The number of hydrogen-bond acceptors (Lipinski definition) is 8. The topological polar surface area (TPSA) is 59.9 Å². The number of methoxy groups -OCH3 is 1. The van der Waals surface area contributed by atoms with Crippen LogP contribution in [0.2, 0.25) is 0 Å². The van der Waals surface area contributed by atoms with Crippen LogP contribution in [-0.4, -0.2) is 28.8 Å². The third-order valence-electron chi connectivity index (χ3n) is 3.17. The maximum absolute atomic E-state index is 5.41. The highest BCUT2D eigenvalue weighted by atomic mass is 32.2. The number of nitrogens with one attached hydrogen (secondary N) is 1. The van der Waals surface area contributed by atoms with Gasteiger partial charge in [0.05, 0.1) is 18.4 Å². The van der Waals surface area contributed by atoms with Crippen LogP contribution in [0.3, 0.4) is 0 Å². The van der Waals surface area contributed by atoms with Crippen molar-refractivity contribution in [1.82, 2.24) is 15.2 Å².